The third-order valence-corrected chi connectivity index (χ3v) is 2.12. The number of hydrogen-bond donors (Lipinski definition) is 1. The van der Waals surface area contributed by atoms with Gasteiger partial charge in [0.1, 0.15) is 6.33 Å². The average molecular weight is 211 g/mol. The van der Waals surface area contributed by atoms with Crippen molar-refractivity contribution in [1.82, 2.24) is 24.5 Å². The van der Waals surface area contributed by atoms with E-state index in [9.17, 15) is 0 Å². The fourth-order valence-electron chi connectivity index (χ4n) is 1.16. The van der Waals surface area contributed by atoms with E-state index in [-0.39, 0.29) is 0 Å². The van der Waals surface area contributed by atoms with Crippen molar-refractivity contribution in [3.63, 3.8) is 0 Å². The summed E-state index contributed by atoms with van der Waals surface area (Å²) in [7, 11) is 3.39. The lowest BCUT2D eigenvalue weighted by Crippen LogP contribution is -1.97. The van der Waals surface area contributed by atoms with Gasteiger partial charge in [-0.3, -0.25) is 9.67 Å². The Labute approximate surface area is 85.1 Å². The number of nitrogens with zero attached hydrogens (tertiary/aromatic N) is 4. The average Bonchev–Trinajstić information content (AvgIpc) is 2.71. The zero-order chi connectivity index (χ0) is 10.1. The van der Waals surface area contributed by atoms with E-state index < -0.39 is 0 Å². The Hall–Kier alpha value is -1.63. The number of nitrogens with one attached hydrogen (secondary N) is 1. The lowest BCUT2D eigenvalue weighted by Gasteiger charge is -1.95. The molecule has 0 aromatic carbocycles. The van der Waals surface area contributed by atoms with Crippen molar-refractivity contribution in [1.29, 1.82) is 0 Å². The van der Waals surface area contributed by atoms with E-state index in [1.165, 1.54) is 0 Å². The Balaban J connectivity index is 2.53. The molecule has 0 aliphatic carbocycles. The third-order valence-electron chi connectivity index (χ3n) is 1.83. The monoisotopic (exact) mass is 211 g/mol. The normalized spacial score (nSPS) is 10.4. The Morgan fingerprint density at radius 2 is 2.36 bits per heavy atom. The molecule has 0 amide bonds. The molecule has 14 heavy (non-hydrogen) atoms. The lowest BCUT2D eigenvalue weighted by atomic mass is 10.6. The standard InChI is InChI=1S/C7H9N5OS/c1-11-6(13-2)3-5(10-11)12-4-8-9-7(12)14/h3-4H,1-2H3,(H,9,14). The number of aromatic nitrogens is 5. The molecule has 0 fully saturated rings. The first-order valence-corrected chi connectivity index (χ1v) is 4.33. The molecule has 0 radical (unpaired) electrons. The number of ether oxygens (including phenoxy) is 1. The molecule has 0 bridgehead atoms. The second-order valence-electron chi connectivity index (χ2n) is 2.70. The summed E-state index contributed by atoms with van der Waals surface area (Å²) in [5.74, 6) is 1.35. The van der Waals surface area contributed by atoms with Crippen molar-refractivity contribution in [2.45, 2.75) is 0 Å². The summed E-state index contributed by atoms with van der Waals surface area (Å²) < 4.78 is 8.88. The van der Waals surface area contributed by atoms with Gasteiger partial charge in [-0.1, -0.05) is 0 Å². The smallest absolute Gasteiger partial charge is 0.213 e. The van der Waals surface area contributed by atoms with E-state index in [0.717, 1.165) is 0 Å². The molecule has 6 nitrogen and oxygen atoms in total. The summed E-state index contributed by atoms with van der Waals surface area (Å²) in [5.41, 5.74) is 0. The van der Waals surface area contributed by atoms with Crippen LogP contribution in [0.3, 0.4) is 0 Å². The zero-order valence-corrected chi connectivity index (χ0v) is 8.58. The van der Waals surface area contributed by atoms with Crippen molar-refractivity contribution >= 4 is 12.2 Å². The predicted molar refractivity (Wildman–Crippen MR) is 52.1 cm³/mol. The van der Waals surface area contributed by atoms with Crippen LogP contribution in [0.25, 0.3) is 5.82 Å². The van der Waals surface area contributed by atoms with Gasteiger partial charge in [-0.25, -0.2) is 4.68 Å². The van der Waals surface area contributed by atoms with Gasteiger partial charge in [0.2, 0.25) is 10.7 Å². The molecular formula is C7H9N5OS. The van der Waals surface area contributed by atoms with Crippen molar-refractivity contribution in [2.75, 3.05) is 7.11 Å². The molecule has 2 aromatic rings. The van der Waals surface area contributed by atoms with Crippen LogP contribution in [0.2, 0.25) is 0 Å². The van der Waals surface area contributed by atoms with Crippen LogP contribution in [0.1, 0.15) is 0 Å². The number of rotatable bonds is 2. The van der Waals surface area contributed by atoms with Crippen LogP contribution in [0.4, 0.5) is 0 Å². The van der Waals surface area contributed by atoms with Gasteiger partial charge in [0.05, 0.1) is 7.11 Å². The van der Waals surface area contributed by atoms with E-state index in [2.05, 4.69) is 15.3 Å². The van der Waals surface area contributed by atoms with E-state index in [4.69, 9.17) is 17.0 Å². The molecule has 74 valence electrons. The molecule has 2 heterocycles. The van der Waals surface area contributed by atoms with Gasteiger partial charge in [0.15, 0.2) is 5.82 Å². The molecule has 2 rings (SSSR count). The SMILES string of the molecule is COc1cc(-n2cn[nH]c2=S)nn1C. The maximum atomic E-state index is 5.09. The molecule has 1 N–H and O–H groups in total. The van der Waals surface area contributed by atoms with E-state index >= 15 is 0 Å². The number of aromatic amines is 1. The highest BCUT2D eigenvalue weighted by Gasteiger charge is 2.07. The fraction of sp³-hybridized carbons (Fsp3) is 0.286. The summed E-state index contributed by atoms with van der Waals surface area (Å²) in [4.78, 5) is 0. The van der Waals surface area contributed by atoms with E-state index in [1.807, 2.05) is 0 Å². The molecule has 0 aliphatic heterocycles. The maximum Gasteiger partial charge on any atom is 0.213 e. The summed E-state index contributed by atoms with van der Waals surface area (Å²) in [6.07, 6.45) is 1.57. The van der Waals surface area contributed by atoms with Crippen LogP contribution in [0, 0.1) is 4.77 Å². The molecule has 0 unspecified atom stereocenters. The summed E-state index contributed by atoms with van der Waals surface area (Å²) in [6.45, 7) is 0. The van der Waals surface area contributed by atoms with Crippen molar-refractivity contribution in [2.24, 2.45) is 7.05 Å². The predicted octanol–water partition coefficient (Wildman–Crippen LogP) is 0.672. The van der Waals surface area contributed by atoms with Crippen LogP contribution >= 0.6 is 12.2 Å². The highest BCUT2D eigenvalue weighted by atomic mass is 32.1. The van der Waals surface area contributed by atoms with Crippen LogP contribution in [-0.2, 0) is 7.05 Å². The quantitative estimate of drug-likeness (QED) is 0.742. The Morgan fingerprint density at radius 3 is 2.86 bits per heavy atom. The number of aryl methyl sites for hydroxylation is 1. The minimum atomic E-state index is 0.505. The molecule has 2 aromatic heterocycles. The van der Waals surface area contributed by atoms with Gasteiger partial charge < -0.3 is 4.74 Å². The third kappa shape index (κ3) is 1.31. The zero-order valence-electron chi connectivity index (χ0n) is 7.76. The van der Waals surface area contributed by atoms with Gasteiger partial charge in [-0.15, -0.1) is 0 Å². The van der Waals surface area contributed by atoms with Gasteiger partial charge in [-0.2, -0.15) is 10.2 Å². The van der Waals surface area contributed by atoms with Crippen molar-refractivity contribution in [3.05, 3.63) is 17.2 Å². The number of hydrogen-bond acceptors (Lipinski definition) is 4. The second-order valence-corrected chi connectivity index (χ2v) is 3.09. The Kier molecular flexibility index (Phi) is 2.08. The minimum absolute atomic E-state index is 0.505. The van der Waals surface area contributed by atoms with Crippen LogP contribution in [0.5, 0.6) is 5.88 Å². The van der Waals surface area contributed by atoms with Gasteiger partial charge >= 0.3 is 0 Å². The molecule has 0 atom stereocenters. The van der Waals surface area contributed by atoms with Crippen LogP contribution < -0.4 is 4.74 Å². The molecular weight excluding hydrogens is 202 g/mol. The van der Waals surface area contributed by atoms with Crippen molar-refractivity contribution in [3.8, 4) is 11.7 Å². The number of methoxy groups -OCH3 is 1. The first-order chi connectivity index (χ1) is 6.72. The van der Waals surface area contributed by atoms with Gasteiger partial charge in [-0.05, 0) is 12.2 Å². The Bertz CT molecular complexity index is 496. The van der Waals surface area contributed by atoms with Gasteiger partial charge in [0, 0.05) is 13.1 Å². The highest BCUT2D eigenvalue weighted by molar-refractivity contribution is 7.71. The van der Waals surface area contributed by atoms with Crippen LogP contribution in [-0.4, -0.2) is 31.7 Å². The van der Waals surface area contributed by atoms with E-state index in [1.54, 1.807) is 35.8 Å². The first kappa shape index (κ1) is 8.95. The Morgan fingerprint density at radius 1 is 1.57 bits per heavy atom. The van der Waals surface area contributed by atoms with E-state index in [0.29, 0.717) is 16.5 Å². The largest absolute Gasteiger partial charge is 0.481 e. The fourth-order valence-corrected chi connectivity index (χ4v) is 1.35. The lowest BCUT2D eigenvalue weighted by molar-refractivity contribution is 0.373. The summed E-state index contributed by atoms with van der Waals surface area (Å²) in [5, 5.41) is 10.7. The molecule has 7 heteroatoms. The summed E-state index contributed by atoms with van der Waals surface area (Å²) in [6, 6.07) is 1.78. The highest BCUT2D eigenvalue weighted by Crippen LogP contribution is 2.14. The second kappa shape index (κ2) is 3.26. The topological polar surface area (TPSA) is 60.7 Å². The minimum Gasteiger partial charge on any atom is -0.481 e. The van der Waals surface area contributed by atoms with Gasteiger partial charge in [0.25, 0.3) is 0 Å². The van der Waals surface area contributed by atoms with Crippen LogP contribution in [0.15, 0.2) is 12.4 Å². The molecule has 0 spiro atoms. The molecule has 0 aliphatic rings. The molecule has 0 saturated carbocycles. The first-order valence-electron chi connectivity index (χ1n) is 3.93. The summed E-state index contributed by atoms with van der Waals surface area (Å²) >= 11 is 5.01. The maximum absolute atomic E-state index is 5.09. The number of H-pyrrole nitrogens is 1. The molecule has 0 saturated heterocycles. The van der Waals surface area contributed by atoms with Crippen molar-refractivity contribution < 1.29 is 4.74 Å².